The molecule has 0 radical (unpaired) electrons. The van der Waals surface area contributed by atoms with Crippen LogP contribution in [0.2, 0.25) is 10.0 Å². The fourth-order valence-electron chi connectivity index (χ4n) is 2.58. The van der Waals surface area contributed by atoms with Gasteiger partial charge in [-0.25, -0.2) is 4.39 Å². The molecule has 3 N–H and O–H groups in total. The smallest absolute Gasteiger partial charge is 0.259 e. The molecule has 154 valence electrons. The first kappa shape index (κ1) is 21.4. The molecule has 3 aromatic rings. The molecule has 2 amide bonds. The first-order valence-electron chi connectivity index (χ1n) is 8.50. The molecule has 0 spiro atoms. The summed E-state index contributed by atoms with van der Waals surface area (Å²) in [6, 6.07) is 12.5. The van der Waals surface area contributed by atoms with Crippen LogP contribution < -0.4 is 20.5 Å². The number of methoxy groups -OCH3 is 1. The van der Waals surface area contributed by atoms with Crippen LogP contribution in [0.25, 0.3) is 0 Å². The van der Waals surface area contributed by atoms with Crippen molar-refractivity contribution < 1.29 is 23.5 Å². The summed E-state index contributed by atoms with van der Waals surface area (Å²) in [7, 11) is 1.36. The Morgan fingerprint density at radius 3 is 2.40 bits per heavy atom. The van der Waals surface area contributed by atoms with Crippen LogP contribution >= 0.6 is 23.2 Å². The van der Waals surface area contributed by atoms with Crippen LogP contribution in [0.3, 0.4) is 0 Å². The molecule has 0 fully saturated rings. The number of carbonyl (C=O) groups is 2. The number of rotatable bonds is 6. The Labute approximate surface area is 181 Å². The second-order valence-corrected chi connectivity index (χ2v) is 6.87. The highest BCUT2D eigenvalue weighted by molar-refractivity contribution is 6.42. The van der Waals surface area contributed by atoms with Gasteiger partial charge in [-0.05, 0) is 36.4 Å². The number of primary amides is 1. The third-order valence-electron chi connectivity index (χ3n) is 4.02. The van der Waals surface area contributed by atoms with Crippen LogP contribution in [0.4, 0.5) is 10.1 Å². The topological polar surface area (TPSA) is 90.7 Å². The van der Waals surface area contributed by atoms with Gasteiger partial charge in [0.2, 0.25) is 5.91 Å². The van der Waals surface area contributed by atoms with Crippen LogP contribution in [0, 0.1) is 5.82 Å². The molecule has 30 heavy (non-hydrogen) atoms. The van der Waals surface area contributed by atoms with E-state index in [1.807, 2.05) is 0 Å². The van der Waals surface area contributed by atoms with Crippen LogP contribution in [-0.4, -0.2) is 18.9 Å². The van der Waals surface area contributed by atoms with Crippen molar-refractivity contribution in [2.24, 2.45) is 5.73 Å². The molecule has 0 aromatic heterocycles. The quantitative estimate of drug-likeness (QED) is 0.536. The maximum absolute atomic E-state index is 13.5. The van der Waals surface area contributed by atoms with Crippen molar-refractivity contribution in [2.75, 3.05) is 12.4 Å². The van der Waals surface area contributed by atoms with E-state index in [1.165, 1.54) is 43.5 Å². The third kappa shape index (κ3) is 4.82. The lowest BCUT2D eigenvalue weighted by atomic mass is 10.1. The number of halogens is 3. The zero-order valence-corrected chi connectivity index (χ0v) is 17.1. The first-order chi connectivity index (χ1) is 14.3. The van der Waals surface area contributed by atoms with Gasteiger partial charge in [0.05, 0.1) is 22.7 Å². The Morgan fingerprint density at radius 2 is 1.70 bits per heavy atom. The minimum absolute atomic E-state index is 0.0558. The molecule has 0 atom stereocenters. The van der Waals surface area contributed by atoms with Gasteiger partial charge in [-0.1, -0.05) is 29.3 Å². The molecule has 0 saturated carbocycles. The summed E-state index contributed by atoms with van der Waals surface area (Å²) < 4.78 is 24.3. The molecule has 3 aromatic carbocycles. The molecule has 3 rings (SSSR count). The molecule has 9 heteroatoms. The van der Waals surface area contributed by atoms with Crippen LogP contribution in [0.1, 0.15) is 20.7 Å². The lowest BCUT2D eigenvalue weighted by Crippen LogP contribution is -2.15. The van der Waals surface area contributed by atoms with Gasteiger partial charge in [0.25, 0.3) is 5.91 Å². The number of carbonyl (C=O) groups excluding carboxylic acids is 2. The summed E-state index contributed by atoms with van der Waals surface area (Å²) in [6.45, 7) is 0. The van der Waals surface area contributed by atoms with Gasteiger partial charge in [0.1, 0.15) is 11.6 Å². The van der Waals surface area contributed by atoms with Gasteiger partial charge in [-0.3, -0.25) is 9.59 Å². The van der Waals surface area contributed by atoms with Crippen molar-refractivity contribution in [3.8, 4) is 17.2 Å². The Hall–Kier alpha value is -3.29. The van der Waals surface area contributed by atoms with E-state index in [0.717, 1.165) is 6.07 Å². The average Bonchev–Trinajstić information content (AvgIpc) is 2.71. The molecular formula is C21H15Cl2FN2O4. The summed E-state index contributed by atoms with van der Waals surface area (Å²) in [5.41, 5.74) is 5.89. The monoisotopic (exact) mass is 448 g/mol. The SMILES string of the molecule is COc1cc(F)ccc1Oc1cc(Cl)c(Cl)cc1C(=O)Nc1cccc(C(N)=O)c1. The van der Waals surface area contributed by atoms with Crippen molar-refractivity contribution in [3.63, 3.8) is 0 Å². The van der Waals surface area contributed by atoms with E-state index in [9.17, 15) is 14.0 Å². The second kappa shape index (κ2) is 9.02. The maximum Gasteiger partial charge on any atom is 0.259 e. The summed E-state index contributed by atoms with van der Waals surface area (Å²) in [6.07, 6.45) is 0. The van der Waals surface area contributed by atoms with E-state index in [0.29, 0.717) is 5.69 Å². The predicted molar refractivity (Wildman–Crippen MR) is 112 cm³/mol. The second-order valence-electron chi connectivity index (χ2n) is 6.06. The van der Waals surface area contributed by atoms with Gasteiger partial charge in [-0.15, -0.1) is 0 Å². The Balaban J connectivity index is 1.97. The molecule has 0 aliphatic carbocycles. The highest BCUT2D eigenvalue weighted by Gasteiger charge is 2.19. The number of amides is 2. The molecule has 0 saturated heterocycles. The fourth-order valence-corrected chi connectivity index (χ4v) is 2.90. The van der Waals surface area contributed by atoms with E-state index >= 15 is 0 Å². The highest BCUT2D eigenvalue weighted by Crippen LogP contribution is 2.37. The molecule has 0 bridgehead atoms. The number of benzene rings is 3. The van der Waals surface area contributed by atoms with E-state index < -0.39 is 17.6 Å². The van der Waals surface area contributed by atoms with E-state index in [4.69, 9.17) is 38.4 Å². The van der Waals surface area contributed by atoms with E-state index in [2.05, 4.69) is 5.32 Å². The third-order valence-corrected chi connectivity index (χ3v) is 4.74. The van der Waals surface area contributed by atoms with Gasteiger partial charge in [0, 0.05) is 23.4 Å². The lowest BCUT2D eigenvalue weighted by Gasteiger charge is -2.15. The fraction of sp³-hybridized carbons (Fsp3) is 0.0476. The van der Waals surface area contributed by atoms with Crippen LogP contribution in [-0.2, 0) is 0 Å². The summed E-state index contributed by atoms with van der Waals surface area (Å²) in [5, 5.41) is 2.93. The average molecular weight is 449 g/mol. The first-order valence-corrected chi connectivity index (χ1v) is 9.25. The number of anilines is 1. The van der Waals surface area contributed by atoms with E-state index in [-0.39, 0.29) is 38.4 Å². The minimum Gasteiger partial charge on any atom is -0.493 e. The summed E-state index contributed by atoms with van der Waals surface area (Å²) in [5.74, 6) is -1.36. The van der Waals surface area contributed by atoms with Gasteiger partial charge >= 0.3 is 0 Å². The Morgan fingerprint density at radius 1 is 0.967 bits per heavy atom. The number of ether oxygens (including phenoxy) is 2. The van der Waals surface area contributed by atoms with Crippen molar-refractivity contribution in [3.05, 3.63) is 81.6 Å². The number of hydrogen-bond acceptors (Lipinski definition) is 4. The van der Waals surface area contributed by atoms with Gasteiger partial charge < -0.3 is 20.5 Å². The summed E-state index contributed by atoms with van der Waals surface area (Å²) in [4.78, 5) is 24.2. The standard InChI is InChI=1S/C21H15Cl2FN2O4/c1-29-19-8-12(24)5-6-17(19)30-18-10-16(23)15(22)9-14(18)21(28)26-13-4-2-3-11(7-13)20(25)27/h2-10H,1H3,(H2,25,27)(H,26,28). The zero-order valence-electron chi connectivity index (χ0n) is 15.5. The summed E-state index contributed by atoms with van der Waals surface area (Å²) >= 11 is 12.2. The van der Waals surface area contributed by atoms with E-state index in [1.54, 1.807) is 12.1 Å². The molecule has 6 nitrogen and oxygen atoms in total. The molecule has 0 aliphatic heterocycles. The Kier molecular flexibility index (Phi) is 6.44. The number of nitrogens with one attached hydrogen (secondary N) is 1. The van der Waals surface area contributed by atoms with Crippen molar-refractivity contribution >= 4 is 40.7 Å². The molecular weight excluding hydrogens is 434 g/mol. The molecule has 0 aliphatic rings. The molecule has 0 heterocycles. The largest absolute Gasteiger partial charge is 0.493 e. The zero-order chi connectivity index (χ0) is 21.8. The van der Waals surface area contributed by atoms with Crippen molar-refractivity contribution in [2.45, 2.75) is 0 Å². The minimum atomic E-state index is -0.631. The lowest BCUT2D eigenvalue weighted by molar-refractivity contribution is 0.0995. The normalized spacial score (nSPS) is 10.4. The van der Waals surface area contributed by atoms with Gasteiger partial charge in [-0.2, -0.15) is 0 Å². The van der Waals surface area contributed by atoms with Gasteiger partial charge in [0.15, 0.2) is 11.5 Å². The highest BCUT2D eigenvalue weighted by atomic mass is 35.5. The Bertz CT molecular complexity index is 1140. The number of hydrogen-bond donors (Lipinski definition) is 2. The van der Waals surface area contributed by atoms with Crippen LogP contribution in [0.5, 0.6) is 17.2 Å². The maximum atomic E-state index is 13.5. The van der Waals surface area contributed by atoms with Crippen LogP contribution in [0.15, 0.2) is 54.6 Å². The molecule has 0 unspecified atom stereocenters. The van der Waals surface area contributed by atoms with Crippen molar-refractivity contribution in [1.29, 1.82) is 0 Å². The predicted octanol–water partition coefficient (Wildman–Crippen LogP) is 5.28. The van der Waals surface area contributed by atoms with Crippen molar-refractivity contribution in [1.82, 2.24) is 0 Å². The number of nitrogens with two attached hydrogens (primary N) is 1.